The third kappa shape index (κ3) is 3.87. The number of ether oxygens (including phenoxy) is 1. The lowest BCUT2D eigenvalue weighted by Crippen LogP contribution is -2.03. The van der Waals surface area contributed by atoms with E-state index in [9.17, 15) is 0 Å². The zero-order chi connectivity index (χ0) is 16.1. The van der Waals surface area contributed by atoms with Gasteiger partial charge in [0.25, 0.3) is 0 Å². The minimum absolute atomic E-state index is 0.382. The lowest BCUT2D eigenvalue weighted by Gasteiger charge is -2.10. The van der Waals surface area contributed by atoms with Crippen molar-refractivity contribution in [3.63, 3.8) is 0 Å². The summed E-state index contributed by atoms with van der Waals surface area (Å²) >= 11 is 5.87. The molecule has 0 aliphatic heterocycles. The van der Waals surface area contributed by atoms with Crippen molar-refractivity contribution in [3.8, 4) is 5.75 Å². The van der Waals surface area contributed by atoms with Crippen molar-refractivity contribution >= 4 is 34.7 Å². The van der Waals surface area contributed by atoms with Gasteiger partial charge in [-0.05, 0) is 36.4 Å². The van der Waals surface area contributed by atoms with Gasteiger partial charge in [-0.1, -0.05) is 23.7 Å². The quantitative estimate of drug-likeness (QED) is 0.737. The molecule has 3 rings (SSSR count). The first kappa shape index (κ1) is 15.1. The number of hydrogen-bond acceptors (Lipinski definition) is 6. The van der Waals surface area contributed by atoms with E-state index < -0.39 is 0 Å². The van der Waals surface area contributed by atoms with Crippen molar-refractivity contribution in [2.45, 2.75) is 0 Å². The van der Waals surface area contributed by atoms with Gasteiger partial charge in [0.05, 0.1) is 19.0 Å². The van der Waals surface area contributed by atoms with E-state index >= 15 is 0 Å². The second kappa shape index (κ2) is 6.93. The fourth-order valence-corrected chi connectivity index (χ4v) is 2.09. The Morgan fingerprint density at radius 1 is 1.00 bits per heavy atom. The molecule has 0 unspecified atom stereocenters. The van der Waals surface area contributed by atoms with Crippen molar-refractivity contribution in [3.05, 3.63) is 59.8 Å². The Morgan fingerprint density at radius 3 is 2.57 bits per heavy atom. The molecule has 1 aromatic heterocycles. The Labute approximate surface area is 138 Å². The number of rotatable bonds is 5. The van der Waals surface area contributed by atoms with Gasteiger partial charge in [0.1, 0.15) is 5.75 Å². The summed E-state index contributed by atoms with van der Waals surface area (Å²) < 4.78 is 5.30. The fourth-order valence-electron chi connectivity index (χ4n) is 1.96. The number of anilines is 4. The Kier molecular flexibility index (Phi) is 4.54. The van der Waals surface area contributed by atoms with Crippen LogP contribution in [0, 0.1) is 0 Å². The molecule has 1 heterocycles. The number of hydrogen-bond donors (Lipinski definition) is 2. The number of aromatic nitrogens is 3. The van der Waals surface area contributed by atoms with Crippen LogP contribution < -0.4 is 15.4 Å². The SMILES string of the molecule is COc1ccccc1Nc1cnnc(Nc2ccc(Cl)cc2)n1. The first-order chi connectivity index (χ1) is 11.2. The number of nitrogens with one attached hydrogen (secondary N) is 2. The number of nitrogens with zero attached hydrogens (tertiary/aromatic N) is 3. The molecule has 6 nitrogen and oxygen atoms in total. The van der Waals surface area contributed by atoms with E-state index in [1.807, 2.05) is 36.4 Å². The van der Waals surface area contributed by atoms with Gasteiger partial charge in [0.15, 0.2) is 5.82 Å². The summed E-state index contributed by atoms with van der Waals surface area (Å²) in [5.74, 6) is 1.66. The Hall–Kier alpha value is -2.86. The highest BCUT2D eigenvalue weighted by atomic mass is 35.5. The molecule has 0 fully saturated rings. The zero-order valence-electron chi connectivity index (χ0n) is 12.3. The second-order valence-corrected chi connectivity index (χ2v) is 5.06. The third-order valence-electron chi connectivity index (χ3n) is 3.03. The first-order valence-electron chi connectivity index (χ1n) is 6.87. The molecule has 0 bridgehead atoms. The van der Waals surface area contributed by atoms with Gasteiger partial charge < -0.3 is 15.4 Å². The third-order valence-corrected chi connectivity index (χ3v) is 3.28. The van der Waals surface area contributed by atoms with Crippen LogP contribution in [0.25, 0.3) is 0 Å². The highest BCUT2D eigenvalue weighted by molar-refractivity contribution is 6.30. The van der Waals surface area contributed by atoms with Crippen molar-refractivity contribution in [2.75, 3.05) is 17.7 Å². The van der Waals surface area contributed by atoms with Crippen molar-refractivity contribution in [1.82, 2.24) is 15.2 Å². The van der Waals surface area contributed by atoms with Crippen molar-refractivity contribution in [2.24, 2.45) is 0 Å². The van der Waals surface area contributed by atoms with E-state index in [-0.39, 0.29) is 0 Å². The van der Waals surface area contributed by atoms with Crippen LogP contribution in [0.5, 0.6) is 5.75 Å². The van der Waals surface area contributed by atoms with Crippen LogP contribution in [-0.4, -0.2) is 22.3 Å². The van der Waals surface area contributed by atoms with Crippen LogP contribution in [0.2, 0.25) is 5.02 Å². The molecule has 23 heavy (non-hydrogen) atoms. The molecule has 0 spiro atoms. The Bertz CT molecular complexity index is 794. The smallest absolute Gasteiger partial charge is 0.249 e. The predicted octanol–water partition coefficient (Wildman–Crippen LogP) is 4.02. The van der Waals surface area contributed by atoms with Crippen LogP contribution in [0.3, 0.4) is 0 Å². The largest absolute Gasteiger partial charge is 0.495 e. The summed E-state index contributed by atoms with van der Waals surface area (Å²) in [5.41, 5.74) is 1.62. The monoisotopic (exact) mass is 327 g/mol. The van der Waals surface area contributed by atoms with E-state index in [0.29, 0.717) is 16.8 Å². The second-order valence-electron chi connectivity index (χ2n) is 4.62. The molecular formula is C16H14ClN5O. The van der Waals surface area contributed by atoms with Crippen LogP contribution in [0.15, 0.2) is 54.7 Å². The van der Waals surface area contributed by atoms with Gasteiger partial charge >= 0.3 is 0 Å². The molecule has 3 aromatic rings. The summed E-state index contributed by atoms with van der Waals surface area (Å²) in [4.78, 5) is 4.38. The standard InChI is InChI=1S/C16H14ClN5O/c1-23-14-5-3-2-4-13(14)20-15-10-18-22-16(21-15)19-12-8-6-11(17)7-9-12/h2-10H,1H3,(H2,19,20,21,22). The molecule has 0 saturated heterocycles. The van der Waals surface area contributed by atoms with Crippen LogP contribution in [-0.2, 0) is 0 Å². The number of methoxy groups -OCH3 is 1. The summed E-state index contributed by atoms with van der Waals surface area (Å²) in [6, 6.07) is 14.8. The molecular weight excluding hydrogens is 314 g/mol. The molecule has 116 valence electrons. The fraction of sp³-hybridized carbons (Fsp3) is 0.0625. The van der Waals surface area contributed by atoms with E-state index in [4.69, 9.17) is 16.3 Å². The van der Waals surface area contributed by atoms with E-state index in [1.165, 1.54) is 0 Å². The van der Waals surface area contributed by atoms with Crippen molar-refractivity contribution < 1.29 is 4.74 Å². The molecule has 0 aliphatic carbocycles. The Balaban J connectivity index is 1.78. The molecule has 0 amide bonds. The molecule has 0 radical (unpaired) electrons. The first-order valence-corrected chi connectivity index (χ1v) is 7.25. The molecule has 0 aliphatic rings. The summed E-state index contributed by atoms with van der Waals surface area (Å²) in [6.45, 7) is 0. The number of halogens is 1. The molecule has 2 N–H and O–H groups in total. The van der Waals surface area contributed by atoms with Crippen LogP contribution in [0.1, 0.15) is 0 Å². The zero-order valence-corrected chi connectivity index (χ0v) is 13.1. The minimum Gasteiger partial charge on any atom is -0.495 e. The van der Waals surface area contributed by atoms with Gasteiger partial charge in [-0.15, -0.1) is 5.10 Å². The van der Waals surface area contributed by atoms with E-state index in [2.05, 4.69) is 25.8 Å². The average Bonchev–Trinajstić information content (AvgIpc) is 2.58. The normalized spacial score (nSPS) is 10.2. The maximum absolute atomic E-state index is 5.87. The average molecular weight is 328 g/mol. The maximum Gasteiger partial charge on any atom is 0.249 e. The highest BCUT2D eigenvalue weighted by Gasteiger charge is 2.05. The van der Waals surface area contributed by atoms with Gasteiger partial charge in [-0.3, -0.25) is 0 Å². The van der Waals surface area contributed by atoms with Gasteiger partial charge in [0.2, 0.25) is 5.95 Å². The highest BCUT2D eigenvalue weighted by Crippen LogP contribution is 2.26. The number of para-hydroxylation sites is 2. The molecule has 2 aromatic carbocycles. The van der Waals surface area contributed by atoms with Crippen LogP contribution >= 0.6 is 11.6 Å². The van der Waals surface area contributed by atoms with Crippen molar-refractivity contribution in [1.29, 1.82) is 0 Å². The predicted molar refractivity (Wildman–Crippen MR) is 90.8 cm³/mol. The lowest BCUT2D eigenvalue weighted by atomic mass is 10.3. The Morgan fingerprint density at radius 2 is 1.78 bits per heavy atom. The molecule has 7 heteroatoms. The van der Waals surface area contributed by atoms with Gasteiger partial charge in [-0.2, -0.15) is 10.1 Å². The van der Waals surface area contributed by atoms with Gasteiger partial charge in [-0.25, -0.2) is 0 Å². The van der Waals surface area contributed by atoms with E-state index in [0.717, 1.165) is 17.1 Å². The van der Waals surface area contributed by atoms with Crippen LogP contribution in [0.4, 0.5) is 23.1 Å². The summed E-state index contributed by atoms with van der Waals surface area (Å²) in [6.07, 6.45) is 1.54. The molecule has 0 atom stereocenters. The van der Waals surface area contributed by atoms with E-state index in [1.54, 1.807) is 25.4 Å². The lowest BCUT2D eigenvalue weighted by molar-refractivity contribution is 0.417. The van der Waals surface area contributed by atoms with Gasteiger partial charge in [0, 0.05) is 10.7 Å². The number of benzene rings is 2. The minimum atomic E-state index is 0.382. The summed E-state index contributed by atoms with van der Waals surface area (Å²) in [5, 5.41) is 14.8. The summed E-state index contributed by atoms with van der Waals surface area (Å²) in [7, 11) is 1.62. The maximum atomic E-state index is 5.87. The topological polar surface area (TPSA) is 72.0 Å². The molecule has 0 saturated carbocycles.